The van der Waals surface area contributed by atoms with E-state index in [0.29, 0.717) is 33.2 Å². The number of benzene rings is 3. The first kappa shape index (κ1) is 29.9. The van der Waals surface area contributed by atoms with Crippen molar-refractivity contribution in [2.45, 2.75) is 63.7 Å². The quantitative estimate of drug-likeness (QED) is 0.297. The molecule has 2 N–H and O–H groups in total. The van der Waals surface area contributed by atoms with Gasteiger partial charge in [-0.05, 0) is 66.3 Å². The van der Waals surface area contributed by atoms with Gasteiger partial charge in [0, 0.05) is 18.2 Å². The van der Waals surface area contributed by atoms with Crippen LogP contribution in [-0.4, -0.2) is 41.5 Å². The molecule has 3 aromatic rings. The monoisotopic (exact) mass is 619 g/mol. The molecule has 44 heavy (non-hydrogen) atoms. The van der Waals surface area contributed by atoms with E-state index in [1.807, 2.05) is 13.0 Å². The molecule has 0 bridgehead atoms. The van der Waals surface area contributed by atoms with Crippen LogP contribution in [0.15, 0.2) is 66.7 Å². The predicted octanol–water partition coefficient (Wildman–Crippen LogP) is 6.43. The van der Waals surface area contributed by atoms with Gasteiger partial charge in [0.1, 0.15) is 11.9 Å². The summed E-state index contributed by atoms with van der Waals surface area (Å²) in [5.74, 6) is -1.33. The van der Waals surface area contributed by atoms with Gasteiger partial charge in [0.15, 0.2) is 17.3 Å². The average molecular weight is 620 g/mol. The molecular weight excluding hydrogens is 585 g/mol. The maximum Gasteiger partial charge on any atom is 0.318 e. The number of Topliss-reactive ketones (excluding diaryl/α,β-unsaturated/α-hetero) is 1. The molecule has 1 aliphatic carbocycles. The number of hydrogen-bond donors (Lipinski definition) is 2. The second-order valence-corrected chi connectivity index (χ2v) is 12.2. The summed E-state index contributed by atoms with van der Waals surface area (Å²) in [5, 5.41) is 6.42. The van der Waals surface area contributed by atoms with Crippen LogP contribution in [0.4, 0.5) is 9.18 Å². The fourth-order valence-electron chi connectivity index (χ4n) is 6.78. The predicted molar refractivity (Wildman–Crippen MR) is 163 cm³/mol. The number of ether oxygens (including phenoxy) is 2. The third-order valence-electron chi connectivity index (χ3n) is 9.00. The van der Waals surface area contributed by atoms with Gasteiger partial charge in [-0.3, -0.25) is 9.59 Å². The molecule has 2 heterocycles. The van der Waals surface area contributed by atoms with Crippen molar-refractivity contribution in [2.75, 3.05) is 6.79 Å². The highest BCUT2D eigenvalue weighted by atomic mass is 35.5. The van der Waals surface area contributed by atoms with E-state index in [2.05, 4.69) is 10.6 Å². The summed E-state index contributed by atoms with van der Waals surface area (Å²) in [6.07, 6.45) is 4.86. The minimum absolute atomic E-state index is 0.0230. The number of nitrogens with zero attached hydrogens (tertiary/aromatic N) is 1. The van der Waals surface area contributed by atoms with Crippen LogP contribution >= 0.6 is 11.6 Å². The van der Waals surface area contributed by atoms with Crippen LogP contribution in [0.3, 0.4) is 0 Å². The Balaban J connectivity index is 1.41. The topological polar surface area (TPSA) is 97.0 Å². The largest absolute Gasteiger partial charge is 0.454 e. The van der Waals surface area contributed by atoms with Crippen molar-refractivity contribution in [1.29, 1.82) is 0 Å². The fourth-order valence-corrected chi connectivity index (χ4v) is 7.01. The molecule has 6 rings (SSSR count). The zero-order valence-corrected chi connectivity index (χ0v) is 25.2. The molecule has 2 aliphatic heterocycles. The zero-order valence-electron chi connectivity index (χ0n) is 24.4. The van der Waals surface area contributed by atoms with E-state index < -0.39 is 35.9 Å². The highest BCUT2D eigenvalue weighted by Crippen LogP contribution is 2.49. The molecule has 230 valence electrons. The minimum Gasteiger partial charge on any atom is -0.454 e. The number of ketones is 1. The highest BCUT2D eigenvalue weighted by molar-refractivity contribution is 6.34. The molecule has 3 amide bonds. The highest BCUT2D eigenvalue weighted by Gasteiger charge is 2.55. The van der Waals surface area contributed by atoms with Gasteiger partial charge in [0.25, 0.3) is 0 Å². The maximum absolute atomic E-state index is 14.4. The molecule has 1 saturated heterocycles. The van der Waals surface area contributed by atoms with Crippen molar-refractivity contribution >= 4 is 29.3 Å². The Kier molecular flexibility index (Phi) is 8.75. The number of rotatable bonds is 7. The fraction of sp³-hybridized carbons (Fsp3) is 0.382. The maximum atomic E-state index is 14.4. The number of fused-ring (bicyclic) bond motifs is 1. The number of hydrogen-bond acceptors (Lipinski definition) is 5. The molecule has 4 unspecified atom stereocenters. The molecule has 3 aromatic carbocycles. The number of likely N-dealkylation sites (tertiary alicyclic amines) is 1. The Hall–Kier alpha value is -4.11. The first-order valence-electron chi connectivity index (χ1n) is 15.1. The van der Waals surface area contributed by atoms with Crippen LogP contribution in [0.1, 0.15) is 66.6 Å². The van der Waals surface area contributed by atoms with Crippen molar-refractivity contribution in [3.05, 3.63) is 94.3 Å². The molecule has 0 radical (unpaired) electrons. The summed E-state index contributed by atoms with van der Waals surface area (Å²) in [5.41, 5.74) is 1.69. The normalized spacial score (nSPS) is 22.9. The van der Waals surface area contributed by atoms with Crippen LogP contribution < -0.4 is 20.1 Å². The number of carbonyl (C=O) groups excluding carboxylic acids is 3. The lowest BCUT2D eigenvalue weighted by molar-refractivity contribution is -0.126. The smallest absolute Gasteiger partial charge is 0.318 e. The van der Waals surface area contributed by atoms with E-state index in [0.717, 1.165) is 32.1 Å². The molecular formula is C34H35ClFN3O5. The Bertz CT molecular complexity index is 1540. The Morgan fingerprint density at radius 3 is 2.43 bits per heavy atom. The number of carbonyl (C=O) groups is 3. The van der Waals surface area contributed by atoms with E-state index in [9.17, 15) is 18.8 Å². The average Bonchev–Trinajstić information content (AvgIpc) is 3.62. The van der Waals surface area contributed by atoms with Crippen molar-refractivity contribution in [3.8, 4) is 11.5 Å². The lowest BCUT2D eigenvalue weighted by Gasteiger charge is -2.34. The van der Waals surface area contributed by atoms with Crippen molar-refractivity contribution < 1.29 is 28.2 Å². The Labute approximate surface area is 260 Å². The molecule has 2 fully saturated rings. The first-order valence-corrected chi connectivity index (χ1v) is 15.5. The van der Waals surface area contributed by atoms with Gasteiger partial charge in [-0.1, -0.05) is 68.1 Å². The van der Waals surface area contributed by atoms with Crippen LogP contribution in [0, 0.1) is 17.7 Å². The third-order valence-corrected chi connectivity index (χ3v) is 9.33. The summed E-state index contributed by atoms with van der Waals surface area (Å²) < 4.78 is 24.7. The van der Waals surface area contributed by atoms with Crippen molar-refractivity contribution in [3.63, 3.8) is 0 Å². The summed E-state index contributed by atoms with van der Waals surface area (Å²) in [7, 11) is 0. The lowest BCUT2D eigenvalue weighted by atomic mass is 9.80. The SMILES string of the molecule is CC1C(C(=O)c2ccccc2Cl)C(c2ccc3c(c2)OCO3)N(C(=O)NC2CCCCC2)C1C(=O)NCc1ccc(F)cc1. The third kappa shape index (κ3) is 5.98. The van der Waals surface area contributed by atoms with Gasteiger partial charge >= 0.3 is 6.03 Å². The molecule has 0 aromatic heterocycles. The van der Waals surface area contributed by atoms with Crippen molar-refractivity contribution in [1.82, 2.24) is 15.5 Å². The summed E-state index contributed by atoms with van der Waals surface area (Å²) >= 11 is 6.51. The Morgan fingerprint density at radius 2 is 1.68 bits per heavy atom. The van der Waals surface area contributed by atoms with Gasteiger partial charge in [0.2, 0.25) is 12.7 Å². The molecule has 3 aliphatic rings. The second-order valence-electron chi connectivity index (χ2n) is 11.8. The summed E-state index contributed by atoms with van der Waals surface area (Å²) in [4.78, 5) is 44.2. The van der Waals surface area contributed by atoms with Gasteiger partial charge in [-0.2, -0.15) is 0 Å². The molecule has 1 saturated carbocycles. The number of halogens is 2. The molecule has 0 spiro atoms. The van der Waals surface area contributed by atoms with Crippen LogP contribution in [0.5, 0.6) is 11.5 Å². The Morgan fingerprint density at radius 1 is 0.955 bits per heavy atom. The lowest BCUT2D eigenvalue weighted by Crippen LogP contribution is -2.53. The van der Waals surface area contributed by atoms with E-state index in [1.165, 1.54) is 17.0 Å². The minimum atomic E-state index is -0.981. The van der Waals surface area contributed by atoms with E-state index in [4.69, 9.17) is 21.1 Å². The molecule has 10 heteroatoms. The van der Waals surface area contributed by atoms with Crippen LogP contribution in [0.2, 0.25) is 5.02 Å². The van der Waals surface area contributed by atoms with Gasteiger partial charge < -0.3 is 25.0 Å². The van der Waals surface area contributed by atoms with Crippen LogP contribution in [-0.2, 0) is 11.3 Å². The van der Waals surface area contributed by atoms with Crippen LogP contribution in [0.25, 0.3) is 0 Å². The standard InChI is InChI=1S/C34H35ClFN3O5/c1-20-29(32(40)25-9-5-6-10-26(25)35)31(22-13-16-27-28(17-22)44-19-43-27)39(34(42)38-24-7-3-2-4-8-24)30(20)33(41)37-18-21-11-14-23(36)15-12-21/h5-6,9-17,20,24,29-31H,2-4,7-8,18-19H2,1H3,(H,37,41)(H,38,42). The van der Waals surface area contributed by atoms with E-state index in [1.54, 1.807) is 48.5 Å². The number of nitrogens with one attached hydrogen (secondary N) is 2. The first-order chi connectivity index (χ1) is 21.3. The van der Waals surface area contributed by atoms with E-state index >= 15 is 0 Å². The number of amides is 3. The van der Waals surface area contributed by atoms with Crippen molar-refractivity contribution in [2.24, 2.45) is 11.8 Å². The summed E-state index contributed by atoms with van der Waals surface area (Å²) in [6, 6.07) is 15.8. The van der Waals surface area contributed by atoms with Gasteiger partial charge in [0.05, 0.1) is 17.0 Å². The number of urea groups is 1. The zero-order chi connectivity index (χ0) is 30.8. The second kappa shape index (κ2) is 12.9. The van der Waals surface area contributed by atoms with E-state index in [-0.39, 0.29) is 31.0 Å². The summed E-state index contributed by atoms with van der Waals surface area (Å²) in [6.45, 7) is 2.04. The van der Waals surface area contributed by atoms with Gasteiger partial charge in [-0.15, -0.1) is 0 Å². The molecule has 4 atom stereocenters. The molecule has 8 nitrogen and oxygen atoms in total. The van der Waals surface area contributed by atoms with Gasteiger partial charge in [-0.25, -0.2) is 9.18 Å².